The van der Waals surface area contributed by atoms with Crippen LogP contribution >= 0.6 is 11.8 Å². The van der Waals surface area contributed by atoms with Crippen molar-refractivity contribution in [1.82, 2.24) is 14.8 Å². The Balaban J connectivity index is 1.54. The monoisotopic (exact) mass is 364 g/mol. The summed E-state index contributed by atoms with van der Waals surface area (Å²) in [5.74, 6) is 0.116. The quantitative estimate of drug-likeness (QED) is 0.662. The van der Waals surface area contributed by atoms with Crippen LogP contribution in [0.3, 0.4) is 0 Å². The molecular formula is C20H20N4OS. The average molecular weight is 364 g/mol. The summed E-state index contributed by atoms with van der Waals surface area (Å²) in [6.07, 6.45) is 3.72. The predicted molar refractivity (Wildman–Crippen MR) is 104 cm³/mol. The van der Waals surface area contributed by atoms with Crippen molar-refractivity contribution in [1.29, 1.82) is 0 Å². The third-order valence-electron chi connectivity index (χ3n) is 4.56. The van der Waals surface area contributed by atoms with E-state index in [4.69, 9.17) is 0 Å². The van der Waals surface area contributed by atoms with Gasteiger partial charge in [0.15, 0.2) is 5.16 Å². The lowest BCUT2D eigenvalue weighted by atomic mass is 10.0. The number of aryl methyl sites for hydroxylation is 1. The Morgan fingerprint density at radius 2 is 1.88 bits per heavy atom. The molecule has 1 amide bonds. The van der Waals surface area contributed by atoms with Crippen molar-refractivity contribution in [2.75, 3.05) is 11.4 Å². The molecule has 5 nitrogen and oxygen atoms in total. The van der Waals surface area contributed by atoms with Crippen LogP contribution in [-0.4, -0.2) is 32.5 Å². The van der Waals surface area contributed by atoms with Crippen molar-refractivity contribution in [2.45, 2.75) is 30.2 Å². The minimum absolute atomic E-state index is 0.116. The summed E-state index contributed by atoms with van der Waals surface area (Å²) in [5, 5.41) is 8.72. The van der Waals surface area contributed by atoms with Crippen LogP contribution < -0.4 is 4.90 Å². The molecule has 1 aromatic heterocycles. The zero-order valence-corrected chi connectivity index (χ0v) is 15.4. The van der Waals surface area contributed by atoms with Crippen LogP contribution in [0.5, 0.6) is 0 Å². The van der Waals surface area contributed by atoms with Crippen molar-refractivity contribution in [3.63, 3.8) is 0 Å². The number of nitrogens with zero attached hydrogens (tertiary/aromatic N) is 4. The first kappa shape index (κ1) is 16.8. The first-order valence-corrected chi connectivity index (χ1v) is 9.63. The van der Waals surface area contributed by atoms with E-state index >= 15 is 0 Å². The van der Waals surface area contributed by atoms with Crippen LogP contribution in [-0.2, 0) is 11.2 Å². The highest BCUT2D eigenvalue weighted by Gasteiger charge is 2.27. The fraction of sp³-hybridized carbons (Fsp3) is 0.250. The molecule has 1 atom stereocenters. The van der Waals surface area contributed by atoms with Gasteiger partial charge in [0.1, 0.15) is 6.33 Å². The fourth-order valence-electron chi connectivity index (χ4n) is 3.26. The number of carbonyl (C=O) groups is 1. The van der Waals surface area contributed by atoms with E-state index < -0.39 is 0 Å². The number of amides is 1. The van der Waals surface area contributed by atoms with Gasteiger partial charge in [-0.15, -0.1) is 10.2 Å². The predicted octanol–water partition coefficient (Wildman–Crippen LogP) is 3.73. The molecule has 132 valence electrons. The van der Waals surface area contributed by atoms with Gasteiger partial charge in [-0.25, -0.2) is 0 Å². The van der Waals surface area contributed by atoms with E-state index in [0.29, 0.717) is 0 Å². The van der Waals surface area contributed by atoms with Gasteiger partial charge in [0.25, 0.3) is 0 Å². The molecular weight excluding hydrogens is 344 g/mol. The lowest BCUT2D eigenvalue weighted by Crippen LogP contribution is -2.40. The van der Waals surface area contributed by atoms with Gasteiger partial charge in [0.05, 0.1) is 5.25 Å². The highest BCUT2D eigenvalue weighted by Crippen LogP contribution is 2.31. The maximum absolute atomic E-state index is 13.1. The maximum atomic E-state index is 13.1. The highest BCUT2D eigenvalue weighted by atomic mass is 32.2. The number of thioether (sulfide) groups is 1. The minimum Gasteiger partial charge on any atom is -0.311 e. The number of anilines is 1. The summed E-state index contributed by atoms with van der Waals surface area (Å²) in [6, 6.07) is 18.1. The molecule has 26 heavy (non-hydrogen) atoms. The summed E-state index contributed by atoms with van der Waals surface area (Å²) < 4.78 is 1.92. The molecule has 0 fully saturated rings. The molecule has 0 saturated carbocycles. The molecule has 0 unspecified atom stereocenters. The Morgan fingerprint density at radius 1 is 1.12 bits per heavy atom. The minimum atomic E-state index is -0.243. The number of benzene rings is 2. The number of carbonyl (C=O) groups excluding carboxylic acids is 1. The summed E-state index contributed by atoms with van der Waals surface area (Å²) in [4.78, 5) is 15.0. The standard InChI is InChI=1S/C20H20N4OS/c1-15(19(25)23-13-7-9-16-8-5-6-12-18(16)23)26-20-22-21-14-24(20)17-10-3-2-4-11-17/h2-6,8,10-12,14-15H,7,9,13H2,1H3/t15-/m1/s1. The SMILES string of the molecule is C[C@@H](Sc1nncn1-c1ccccc1)C(=O)N1CCCc2ccccc21. The Labute approximate surface area is 157 Å². The molecule has 0 bridgehead atoms. The molecule has 1 aliphatic heterocycles. The summed E-state index contributed by atoms with van der Waals surface area (Å²) in [5.41, 5.74) is 3.28. The van der Waals surface area contributed by atoms with Gasteiger partial charge in [-0.05, 0) is 43.5 Å². The molecule has 6 heteroatoms. The van der Waals surface area contributed by atoms with E-state index in [0.717, 1.165) is 35.9 Å². The lowest BCUT2D eigenvalue weighted by Gasteiger charge is -2.31. The molecule has 2 heterocycles. The Morgan fingerprint density at radius 3 is 2.73 bits per heavy atom. The van der Waals surface area contributed by atoms with Gasteiger partial charge in [0.2, 0.25) is 5.91 Å². The molecule has 1 aliphatic rings. The third-order valence-corrected chi connectivity index (χ3v) is 5.60. The van der Waals surface area contributed by atoms with Gasteiger partial charge in [0, 0.05) is 17.9 Å². The lowest BCUT2D eigenvalue weighted by molar-refractivity contribution is -0.117. The molecule has 0 aliphatic carbocycles. The van der Waals surface area contributed by atoms with E-state index in [1.54, 1.807) is 6.33 Å². The maximum Gasteiger partial charge on any atom is 0.240 e. The number of fused-ring (bicyclic) bond motifs is 1. The molecule has 4 rings (SSSR count). The fourth-order valence-corrected chi connectivity index (χ4v) is 4.17. The zero-order chi connectivity index (χ0) is 17.9. The van der Waals surface area contributed by atoms with Crippen molar-refractivity contribution in [3.05, 3.63) is 66.5 Å². The summed E-state index contributed by atoms with van der Waals surface area (Å²) >= 11 is 1.45. The van der Waals surface area contributed by atoms with Crippen molar-refractivity contribution in [3.8, 4) is 5.69 Å². The van der Waals surface area contributed by atoms with E-state index in [-0.39, 0.29) is 11.2 Å². The number of aromatic nitrogens is 3. The van der Waals surface area contributed by atoms with E-state index in [1.165, 1.54) is 17.3 Å². The van der Waals surface area contributed by atoms with E-state index in [9.17, 15) is 4.79 Å². The summed E-state index contributed by atoms with van der Waals surface area (Å²) in [7, 11) is 0. The average Bonchev–Trinajstić information content (AvgIpc) is 3.15. The van der Waals surface area contributed by atoms with Crippen LogP contribution in [0.2, 0.25) is 0 Å². The van der Waals surface area contributed by atoms with Gasteiger partial charge in [-0.3, -0.25) is 9.36 Å². The Hall–Kier alpha value is -2.60. The van der Waals surface area contributed by atoms with Crippen molar-refractivity contribution in [2.24, 2.45) is 0 Å². The number of hydrogen-bond acceptors (Lipinski definition) is 4. The Bertz CT molecular complexity index is 909. The highest BCUT2D eigenvalue weighted by molar-refractivity contribution is 8.00. The molecule has 0 spiro atoms. The second-order valence-electron chi connectivity index (χ2n) is 6.30. The zero-order valence-electron chi connectivity index (χ0n) is 14.6. The van der Waals surface area contributed by atoms with Gasteiger partial charge < -0.3 is 4.90 Å². The smallest absolute Gasteiger partial charge is 0.240 e. The first-order chi connectivity index (χ1) is 12.7. The Kier molecular flexibility index (Phi) is 4.75. The molecule has 0 radical (unpaired) electrons. The second-order valence-corrected chi connectivity index (χ2v) is 7.61. The topological polar surface area (TPSA) is 51.0 Å². The van der Waals surface area contributed by atoms with E-state index in [2.05, 4.69) is 16.3 Å². The number of hydrogen-bond donors (Lipinski definition) is 0. The summed E-state index contributed by atoms with van der Waals surface area (Å²) in [6.45, 7) is 2.71. The first-order valence-electron chi connectivity index (χ1n) is 8.75. The number of para-hydroxylation sites is 2. The largest absolute Gasteiger partial charge is 0.311 e. The van der Waals surface area contributed by atoms with Crippen LogP contribution in [0, 0.1) is 0 Å². The van der Waals surface area contributed by atoms with Crippen molar-refractivity contribution >= 4 is 23.4 Å². The van der Waals surface area contributed by atoms with Crippen LogP contribution in [0.1, 0.15) is 18.9 Å². The molecule has 0 saturated heterocycles. The van der Waals surface area contributed by atoms with Crippen LogP contribution in [0.15, 0.2) is 66.1 Å². The second kappa shape index (κ2) is 7.33. The third kappa shape index (κ3) is 3.24. The van der Waals surface area contributed by atoms with Crippen LogP contribution in [0.4, 0.5) is 5.69 Å². The molecule has 0 N–H and O–H groups in total. The van der Waals surface area contributed by atoms with Gasteiger partial charge in [-0.2, -0.15) is 0 Å². The normalized spacial score (nSPS) is 14.7. The number of rotatable bonds is 4. The molecule has 3 aromatic rings. The molecule has 2 aromatic carbocycles. The van der Waals surface area contributed by atoms with E-state index in [1.807, 2.05) is 64.9 Å². The van der Waals surface area contributed by atoms with Gasteiger partial charge >= 0.3 is 0 Å². The van der Waals surface area contributed by atoms with Crippen LogP contribution in [0.25, 0.3) is 5.69 Å². The van der Waals surface area contributed by atoms with Gasteiger partial charge in [-0.1, -0.05) is 48.2 Å². The van der Waals surface area contributed by atoms with Crippen molar-refractivity contribution < 1.29 is 4.79 Å².